The fourth-order valence-electron chi connectivity index (χ4n) is 2.87. The third-order valence-corrected chi connectivity index (χ3v) is 5.77. The zero-order chi connectivity index (χ0) is 21.6. The fourth-order valence-corrected chi connectivity index (χ4v) is 3.95. The van der Waals surface area contributed by atoms with E-state index in [1.165, 1.54) is 0 Å². The first kappa shape index (κ1) is 21.3. The van der Waals surface area contributed by atoms with Gasteiger partial charge in [0, 0.05) is 5.69 Å². The van der Waals surface area contributed by atoms with E-state index >= 15 is 0 Å². The number of hydrogen-bond acceptors (Lipinski definition) is 5. The molecule has 6 nitrogen and oxygen atoms in total. The summed E-state index contributed by atoms with van der Waals surface area (Å²) in [4.78, 5) is 0.219. The average molecular weight is 426 g/mol. The van der Waals surface area contributed by atoms with E-state index in [-0.39, 0.29) is 4.90 Å². The standard InChI is InChI=1S/C23H23NO5S/c1-27-21-15-18(16-22(28-2)23(21)29-3)10-9-17-11-13-19(14-12-17)24-30(25,26)20-7-5-4-6-8-20/h4-16,24H,1-3H3/b10-9-. The largest absolute Gasteiger partial charge is 0.493 e. The third-order valence-electron chi connectivity index (χ3n) is 4.37. The van der Waals surface area contributed by atoms with E-state index in [1.54, 1.807) is 63.8 Å². The highest BCUT2D eigenvalue weighted by Gasteiger charge is 2.13. The van der Waals surface area contributed by atoms with E-state index in [0.29, 0.717) is 22.9 Å². The molecule has 3 aromatic carbocycles. The lowest BCUT2D eigenvalue weighted by molar-refractivity contribution is 0.324. The van der Waals surface area contributed by atoms with Crippen LogP contribution in [0.15, 0.2) is 71.6 Å². The fraction of sp³-hybridized carbons (Fsp3) is 0.130. The van der Waals surface area contributed by atoms with Crippen LogP contribution in [0.4, 0.5) is 5.69 Å². The Labute approximate surface area is 176 Å². The minimum atomic E-state index is -3.61. The van der Waals surface area contributed by atoms with E-state index in [1.807, 2.05) is 36.4 Å². The highest BCUT2D eigenvalue weighted by molar-refractivity contribution is 7.92. The van der Waals surface area contributed by atoms with Crippen LogP contribution >= 0.6 is 0 Å². The molecule has 3 aromatic rings. The van der Waals surface area contributed by atoms with Crippen LogP contribution in [0, 0.1) is 0 Å². The Hall–Kier alpha value is -3.45. The molecule has 0 amide bonds. The molecule has 0 aliphatic carbocycles. The first-order valence-electron chi connectivity index (χ1n) is 9.13. The molecule has 0 radical (unpaired) electrons. The number of anilines is 1. The average Bonchev–Trinajstić information content (AvgIpc) is 2.78. The molecule has 0 aliphatic rings. The van der Waals surface area contributed by atoms with Crippen molar-refractivity contribution in [1.29, 1.82) is 0 Å². The molecule has 0 bridgehead atoms. The molecule has 0 heterocycles. The van der Waals surface area contributed by atoms with E-state index in [2.05, 4.69) is 4.72 Å². The smallest absolute Gasteiger partial charge is 0.261 e. The van der Waals surface area contributed by atoms with Crippen molar-refractivity contribution in [3.63, 3.8) is 0 Å². The van der Waals surface area contributed by atoms with Gasteiger partial charge in [0.2, 0.25) is 5.75 Å². The van der Waals surface area contributed by atoms with Crippen molar-refractivity contribution in [1.82, 2.24) is 0 Å². The van der Waals surface area contributed by atoms with Gasteiger partial charge in [-0.15, -0.1) is 0 Å². The van der Waals surface area contributed by atoms with Gasteiger partial charge in [-0.25, -0.2) is 8.42 Å². The molecule has 7 heteroatoms. The normalized spacial score (nSPS) is 11.3. The van der Waals surface area contributed by atoms with Gasteiger partial charge in [-0.2, -0.15) is 0 Å². The molecule has 0 atom stereocenters. The molecule has 0 fully saturated rings. The quantitative estimate of drug-likeness (QED) is 0.530. The summed E-state index contributed by atoms with van der Waals surface area (Å²) in [5, 5.41) is 0. The number of ether oxygens (including phenoxy) is 3. The summed E-state index contributed by atoms with van der Waals surface area (Å²) in [7, 11) is 1.09. The monoisotopic (exact) mass is 425 g/mol. The SMILES string of the molecule is COc1cc(/C=C\c2ccc(NS(=O)(=O)c3ccccc3)cc2)cc(OC)c1OC. The highest BCUT2D eigenvalue weighted by Crippen LogP contribution is 2.38. The van der Waals surface area contributed by atoms with Crippen molar-refractivity contribution in [2.45, 2.75) is 4.90 Å². The molecule has 30 heavy (non-hydrogen) atoms. The Morgan fingerprint density at radius 1 is 0.733 bits per heavy atom. The molecule has 0 saturated heterocycles. The number of rotatable bonds is 8. The van der Waals surface area contributed by atoms with Crippen LogP contribution in [0.2, 0.25) is 0 Å². The molecular weight excluding hydrogens is 402 g/mol. The first-order valence-corrected chi connectivity index (χ1v) is 10.6. The summed E-state index contributed by atoms with van der Waals surface area (Å²) < 4.78 is 43.5. The van der Waals surface area contributed by atoms with Gasteiger partial charge in [0.15, 0.2) is 11.5 Å². The summed E-state index contributed by atoms with van der Waals surface area (Å²) in [5.41, 5.74) is 2.27. The van der Waals surface area contributed by atoms with Crippen molar-refractivity contribution < 1.29 is 22.6 Å². The van der Waals surface area contributed by atoms with E-state index in [4.69, 9.17) is 14.2 Å². The second-order valence-corrected chi connectivity index (χ2v) is 8.01. The predicted molar refractivity (Wildman–Crippen MR) is 119 cm³/mol. The van der Waals surface area contributed by atoms with Gasteiger partial charge in [-0.1, -0.05) is 42.5 Å². The molecule has 0 aromatic heterocycles. The van der Waals surface area contributed by atoms with E-state index < -0.39 is 10.0 Å². The van der Waals surface area contributed by atoms with Crippen molar-refractivity contribution in [3.8, 4) is 17.2 Å². The van der Waals surface area contributed by atoms with Gasteiger partial charge in [-0.3, -0.25) is 4.72 Å². The minimum absolute atomic E-state index is 0.219. The Bertz CT molecular complexity index is 1100. The molecule has 0 spiro atoms. The van der Waals surface area contributed by atoms with Gasteiger partial charge in [0.25, 0.3) is 10.0 Å². The van der Waals surface area contributed by atoms with Crippen molar-refractivity contribution >= 4 is 27.9 Å². The summed E-state index contributed by atoms with van der Waals surface area (Å²) in [5.74, 6) is 1.68. The Morgan fingerprint density at radius 3 is 1.83 bits per heavy atom. The molecular formula is C23H23NO5S. The maximum Gasteiger partial charge on any atom is 0.261 e. The lowest BCUT2D eigenvalue weighted by atomic mass is 10.1. The van der Waals surface area contributed by atoms with Crippen LogP contribution in [0.25, 0.3) is 12.2 Å². The van der Waals surface area contributed by atoms with Crippen LogP contribution in [-0.2, 0) is 10.0 Å². The van der Waals surface area contributed by atoms with Gasteiger partial charge in [0.05, 0.1) is 26.2 Å². The van der Waals surface area contributed by atoms with Gasteiger partial charge in [0.1, 0.15) is 0 Å². The zero-order valence-electron chi connectivity index (χ0n) is 17.0. The second-order valence-electron chi connectivity index (χ2n) is 6.33. The lowest BCUT2D eigenvalue weighted by Gasteiger charge is -2.12. The topological polar surface area (TPSA) is 73.9 Å². The van der Waals surface area contributed by atoms with Crippen LogP contribution in [0.5, 0.6) is 17.2 Å². The summed E-state index contributed by atoms with van der Waals surface area (Å²) in [6.07, 6.45) is 3.82. The Morgan fingerprint density at radius 2 is 1.30 bits per heavy atom. The predicted octanol–water partition coefficient (Wildman–Crippen LogP) is 4.68. The Balaban J connectivity index is 1.77. The van der Waals surface area contributed by atoms with E-state index in [9.17, 15) is 8.42 Å². The van der Waals surface area contributed by atoms with Crippen LogP contribution in [0.3, 0.4) is 0 Å². The number of benzene rings is 3. The third kappa shape index (κ3) is 4.93. The maximum absolute atomic E-state index is 12.4. The summed E-state index contributed by atoms with van der Waals surface area (Å²) in [6.45, 7) is 0. The summed E-state index contributed by atoms with van der Waals surface area (Å²) in [6, 6.07) is 19.0. The minimum Gasteiger partial charge on any atom is -0.493 e. The number of hydrogen-bond donors (Lipinski definition) is 1. The highest BCUT2D eigenvalue weighted by atomic mass is 32.2. The zero-order valence-corrected chi connectivity index (χ0v) is 17.8. The van der Waals surface area contributed by atoms with Gasteiger partial charge < -0.3 is 14.2 Å². The lowest BCUT2D eigenvalue weighted by Crippen LogP contribution is -2.12. The van der Waals surface area contributed by atoms with Gasteiger partial charge >= 0.3 is 0 Å². The molecule has 0 aliphatic heterocycles. The number of sulfonamides is 1. The van der Waals surface area contributed by atoms with Crippen LogP contribution in [0.1, 0.15) is 11.1 Å². The molecule has 156 valence electrons. The molecule has 1 N–H and O–H groups in total. The van der Waals surface area contributed by atoms with Crippen LogP contribution < -0.4 is 18.9 Å². The first-order chi connectivity index (χ1) is 14.5. The summed E-state index contributed by atoms with van der Waals surface area (Å²) >= 11 is 0. The number of nitrogens with one attached hydrogen (secondary N) is 1. The van der Waals surface area contributed by atoms with Crippen LogP contribution in [-0.4, -0.2) is 29.7 Å². The van der Waals surface area contributed by atoms with E-state index in [0.717, 1.165) is 11.1 Å². The van der Waals surface area contributed by atoms with Gasteiger partial charge in [-0.05, 0) is 47.5 Å². The van der Waals surface area contributed by atoms with Crippen molar-refractivity contribution in [3.05, 3.63) is 77.9 Å². The molecule has 3 rings (SSSR count). The Kier molecular flexibility index (Phi) is 6.64. The second kappa shape index (κ2) is 9.37. The van der Waals surface area contributed by atoms with Crippen molar-refractivity contribution in [2.75, 3.05) is 26.1 Å². The number of methoxy groups -OCH3 is 3. The molecule has 0 unspecified atom stereocenters. The van der Waals surface area contributed by atoms with Crippen molar-refractivity contribution in [2.24, 2.45) is 0 Å². The molecule has 0 saturated carbocycles. The maximum atomic E-state index is 12.4.